The van der Waals surface area contributed by atoms with E-state index in [0.29, 0.717) is 37.4 Å². The van der Waals surface area contributed by atoms with Crippen LogP contribution in [0.2, 0.25) is 0 Å². The Hall–Kier alpha value is 0.510. The first-order chi connectivity index (χ1) is 12.6. The highest BCUT2D eigenvalue weighted by molar-refractivity contribution is 8.00. The first-order valence-electron chi connectivity index (χ1n) is 9.48. The normalized spacial score (nSPS) is 15.1. The van der Waals surface area contributed by atoms with Crippen LogP contribution in [-0.4, -0.2) is 34.6 Å². The predicted molar refractivity (Wildman–Crippen MR) is 104 cm³/mol. The number of hydrogen-bond acceptors (Lipinski definition) is 1. The number of thioether (sulfide) groups is 1. The summed E-state index contributed by atoms with van der Waals surface area (Å²) < 4.78 is 73.6. The highest BCUT2D eigenvalue weighted by atomic mass is 35.5. The van der Waals surface area contributed by atoms with Gasteiger partial charge in [0.15, 0.2) is 0 Å². The average molecular weight is 463 g/mol. The van der Waals surface area contributed by atoms with Gasteiger partial charge in [-0.25, -0.2) is 0 Å². The molecule has 0 amide bonds. The fourth-order valence-corrected chi connectivity index (χ4v) is 4.90. The van der Waals surface area contributed by atoms with E-state index in [1.54, 1.807) is 11.8 Å². The third-order valence-corrected chi connectivity index (χ3v) is 6.42. The largest absolute Gasteiger partial charge is 0.389 e. The second kappa shape index (κ2) is 15.4. The van der Waals surface area contributed by atoms with Gasteiger partial charge >= 0.3 is 12.4 Å². The number of unbranched alkanes of at least 4 members (excludes halogenated alkanes) is 2. The molecular formula is C18H30Cl2F6S. The summed E-state index contributed by atoms with van der Waals surface area (Å²) in [4.78, 5) is 0. The fourth-order valence-electron chi connectivity index (χ4n) is 2.84. The van der Waals surface area contributed by atoms with Crippen LogP contribution < -0.4 is 0 Å². The molecule has 0 aromatic rings. The van der Waals surface area contributed by atoms with Gasteiger partial charge in [0.2, 0.25) is 0 Å². The van der Waals surface area contributed by atoms with Gasteiger partial charge < -0.3 is 0 Å². The Morgan fingerprint density at radius 2 is 0.889 bits per heavy atom. The van der Waals surface area contributed by atoms with Crippen LogP contribution in [0.3, 0.4) is 0 Å². The van der Waals surface area contributed by atoms with E-state index in [9.17, 15) is 26.3 Å². The molecule has 0 bridgehead atoms. The third kappa shape index (κ3) is 19.6. The summed E-state index contributed by atoms with van der Waals surface area (Å²) in [5, 5.41) is 0.389. The van der Waals surface area contributed by atoms with Gasteiger partial charge in [0.25, 0.3) is 0 Å². The van der Waals surface area contributed by atoms with Crippen LogP contribution in [0.4, 0.5) is 26.3 Å². The van der Waals surface area contributed by atoms with Gasteiger partial charge in [0, 0.05) is 35.1 Å². The summed E-state index contributed by atoms with van der Waals surface area (Å²) in [6.45, 7) is 0. The van der Waals surface area contributed by atoms with E-state index in [0.717, 1.165) is 25.7 Å². The van der Waals surface area contributed by atoms with Crippen molar-refractivity contribution < 1.29 is 26.3 Å². The summed E-state index contributed by atoms with van der Waals surface area (Å²) in [5.74, 6) is 0.995. The molecule has 0 spiro atoms. The van der Waals surface area contributed by atoms with Crippen LogP contribution in [-0.2, 0) is 0 Å². The topological polar surface area (TPSA) is 0 Å². The summed E-state index contributed by atoms with van der Waals surface area (Å²) >= 11 is 13.2. The molecule has 0 fully saturated rings. The molecule has 0 rings (SSSR count). The minimum absolute atomic E-state index is 0.110. The maximum Gasteiger partial charge on any atom is 0.389 e. The van der Waals surface area contributed by atoms with E-state index >= 15 is 0 Å². The molecule has 0 aromatic heterocycles. The standard InChI is InChI=1S/C18H30Cl2F6S/c19-13-5-9-15(7-1-3-11-17(21,22)23)27-16(10-6-14-20)8-2-4-12-18(24,25)26/h15-16H,1-14H2. The zero-order valence-electron chi connectivity index (χ0n) is 15.5. The Morgan fingerprint density at radius 3 is 1.19 bits per heavy atom. The zero-order valence-corrected chi connectivity index (χ0v) is 17.8. The van der Waals surface area contributed by atoms with Gasteiger partial charge in [-0.15, -0.1) is 23.2 Å². The average Bonchev–Trinajstić information content (AvgIpc) is 2.55. The Bertz CT molecular complexity index is 318. The molecule has 0 radical (unpaired) electrons. The second-order valence-electron chi connectivity index (χ2n) is 6.76. The van der Waals surface area contributed by atoms with E-state index in [1.807, 2.05) is 0 Å². The third-order valence-electron chi connectivity index (χ3n) is 4.18. The van der Waals surface area contributed by atoms with Crippen molar-refractivity contribution in [2.45, 2.75) is 99.9 Å². The molecule has 27 heavy (non-hydrogen) atoms. The maximum atomic E-state index is 12.3. The smallest absolute Gasteiger partial charge is 0.171 e. The Balaban J connectivity index is 4.44. The van der Waals surface area contributed by atoms with Gasteiger partial charge in [0.05, 0.1) is 0 Å². The SMILES string of the molecule is FC(F)(F)CCCCC(CCCCl)SC(CCCCl)CCCCC(F)(F)F. The van der Waals surface area contributed by atoms with Crippen LogP contribution in [0.1, 0.15) is 77.0 Å². The van der Waals surface area contributed by atoms with Crippen LogP contribution >= 0.6 is 35.0 Å². The fraction of sp³-hybridized carbons (Fsp3) is 1.00. The van der Waals surface area contributed by atoms with E-state index < -0.39 is 25.2 Å². The van der Waals surface area contributed by atoms with E-state index in [1.165, 1.54) is 0 Å². The predicted octanol–water partition coefficient (Wildman–Crippen LogP) is 8.74. The van der Waals surface area contributed by atoms with E-state index in [2.05, 4.69) is 0 Å². The number of hydrogen-bond donors (Lipinski definition) is 0. The lowest BCUT2D eigenvalue weighted by Gasteiger charge is -2.24. The van der Waals surface area contributed by atoms with Crippen LogP contribution in [0, 0.1) is 0 Å². The summed E-state index contributed by atoms with van der Waals surface area (Å²) in [6, 6.07) is 0. The molecule has 0 aromatic carbocycles. The van der Waals surface area contributed by atoms with Crippen molar-refractivity contribution in [3.05, 3.63) is 0 Å². The van der Waals surface area contributed by atoms with E-state index in [4.69, 9.17) is 23.2 Å². The van der Waals surface area contributed by atoms with Crippen LogP contribution in [0.15, 0.2) is 0 Å². The van der Waals surface area contributed by atoms with Crippen molar-refractivity contribution in [2.24, 2.45) is 0 Å². The molecule has 2 atom stereocenters. The molecule has 0 saturated heterocycles. The first-order valence-corrected chi connectivity index (χ1v) is 11.5. The Labute approximate surface area is 173 Å². The van der Waals surface area contributed by atoms with Gasteiger partial charge in [-0.3, -0.25) is 0 Å². The zero-order chi connectivity index (χ0) is 20.8. The monoisotopic (exact) mass is 462 g/mol. The lowest BCUT2D eigenvalue weighted by atomic mass is 10.1. The molecule has 164 valence electrons. The molecule has 0 aliphatic heterocycles. The number of alkyl halides is 8. The van der Waals surface area contributed by atoms with Crippen molar-refractivity contribution in [1.29, 1.82) is 0 Å². The molecule has 0 nitrogen and oxygen atoms in total. The lowest BCUT2D eigenvalue weighted by molar-refractivity contribution is -0.136. The molecule has 0 saturated carbocycles. The molecular weight excluding hydrogens is 433 g/mol. The van der Waals surface area contributed by atoms with E-state index in [-0.39, 0.29) is 23.3 Å². The Morgan fingerprint density at radius 1 is 0.556 bits per heavy atom. The minimum atomic E-state index is -4.12. The first kappa shape index (κ1) is 27.5. The highest BCUT2D eigenvalue weighted by Crippen LogP contribution is 2.33. The van der Waals surface area contributed by atoms with Crippen molar-refractivity contribution >= 4 is 35.0 Å². The molecule has 0 N–H and O–H groups in total. The summed E-state index contributed by atoms with van der Waals surface area (Å²) in [7, 11) is 0. The van der Waals surface area contributed by atoms with Crippen molar-refractivity contribution in [3.63, 3.8) is 0 Å². The molecule has 2 unspecified atom stereocenters. The Kier molecular flexibility index (Phi) is 15.7. The minimum Gasteiger partial charge on any atom is -0.171 e. The number of rotatable bonds is 16. The van der Waals surface area contributed by atoms with Crippen molar-refractivity contribution in [3.8, 4) is 0 Å². The molecule has 9 heteroatoms. The molecule has 0 aliphatic rings. The summed E-state index contributed by atoms with van der Waals surface area (Å²) in [6.07, 6.45) is -4.01. The summed E-state index contributed by atoms with van der Waals surface area (Å²) in [5.41, 5.74) is 0. The van der Waals surface area contributed by atoms with Crippen molar-refractivity contribution in [1.82, 2.24) is 0 Å². The van der Waals surface area contributed by atoms with Gasteiger partial charge in [-0.05, 0) is 51.4 Å². The van der Waals surface area contributed by atoms with Gasteiger partial charge in [-0.2, -0.15) is 38.1 Å². The van der Waals surface area contributed by atoms with Gasteiger partial charge in [-0.1, -0.05) is 12.8 Å². The van der Waals surface area contributed by atoms with Crippen LogP contribution in [0.5, 0.6) is 0 Å². The maximum absolute atomic E-state index is 12.3. The molecule has 0 heterocycles. The highest BCUT2D eigenvalue weighted by Gasteiger charge is 2.27. The second-order valence-corrected chi connectivity index (χ2v) is 9.13. The van der Waals surface area contributed by atoms with Gasteiger partial charge in [0.1, 0.15) is 0 Å². The van der Waals surface area contributed by atoms with Crippen LogP contribution in [0.25, 0.3) is 0 Å². The number of halogens is 8. The van der Waals surface area contributed by atoms with Crippen molar-refractivity contribution in [2.75, 3.05) is 11.8 Å². The lowest BCUT2D eigenvalue weighted by Crippen LogP contribution is -2.14. The quantitative estimate of drug-likeness (QED) is 0.125. The molecule has 0 aliphatic carbocycles.